The number of halogens is 1. The van der Waals surface area contributed by atoms with Crippen molar-refractivity contribution in [2.75, 3.05) is 26.7 Å². The molecule has 2 rings (SSSR count). The zero-order chi connectivity index (χ0) is 12.1. The van der Waals surface area contributed by atoms with E-state index in [0.717, 1.165) is 5.92 Å². The topological polar surface area (TPSA) is 28.2 Å². The summed E-state index contributed by atoms with van der Waals surface area (Å²) in [6.45, 7) is 5.84. The van der Waals surface area contributed by atoms with Gasteiger partial charge in [0.1, 0.15) is 0 Å². The maximum Gasteiger partial charge on any atom is 0.0318 e. The van der Waals surface area contributed by atoms with Gasteiger partial charge in [0.05, 0.1) is 0 Å². The molecule has 1 unspecified atom stereocenters. The van der Waals surface area contributed by atoms with Crippen molar-refractivity contribution in [3.8, 4) is 0 Å². The fraction of sp³-hybridized carbons (Fsp3) is 0.643. The second-order valence-corrected chi connectivity index (χ2v) is 5.09. The lowest BCUT2D eigenvalue weighted by molar-refractivity contribution is 0.196. The molecule has 102 valence electrons. The fourth-order valence-electron chi connectivity index (χ4n) is 2.53. The summed E-state index contributed by atoms with van der Waals surface area (Å²) in [5, 5.41) is 3.42. The highest BCUT2D eigenvalue weighted by atomic mass is 35.5. The zero-order valence-electron chi connectivity index (χ0n) is 11.3. The van der Waals surface area contributed by atoms with Crippen molar-refractivity contribution in [2.45, 2.75) is 25.8 Å². The van der Waals surface area contributed by atoms with Gasteiger partial charge in [-0.15, -0.1) is 12.4 Å². The molecule has 0 aliphatic carbocycles. The minimum Gasteiger partial charge on any atom is -0.317 e. The Morgan fingerprint density at radius 1 is 1.33 bits per heavy atom. The minimum absolute atomic E-state index is 0. The van der Waals surface area contributed by atoms with E-state index in [-0.39, 0.29) is 12.4 Å². The second-order valence-electron chi connectivity index (χ2n) is 5.09. The highest BCUT2D eigenvalue weighted by Gasteiger charge is 2.18. The second kappa shape index (κ2) is 7.72. The van der Waals surface area contributed by atoms with Crippen LogP contribution in [0, 0.1) is 5.92 Å². The fourth-order valence-corrected chi connectivity index (χ4v) is 2.53. The monoisotopic (exact) mass is 269 g/mol. The normalized spacial score (nSPS) is 18.4. The Morgan fingerprint density at radius 3 is 2.56 bits per heavy atom. The molecule has 1 aromatic rings. The van der Waals surface area contributed by atoms with Gasteiger partial charge in [-0.25, -0.2) is 0 Å². The molecule has 3 nitrogen and oxygen atoms in total. The van der Waals surface area contributed by atoms with E-state index < -0.39 is 0 Å². The van der Waals surface area contributed by atoms with E-state index in [1.165, 1.54) is 38.0 Å². The van der Waals surface area contributed by atoms with Crippen LogP contribution in [0.4, 0.5) is 0 Å². The molecule has 0 amide bonds. The Labute approximate surface area is 116 Å². The highest BCUT2D eigenvalue weighted by Crippen LogP contribution is 2.21. The molecule has 0 bridgehead atoms. The lowest BCUT2D eigenvalue weighted by atomic mass is 9.96. The molecule has 1 aromatic heterocycles. The van der Waals surface area contributed by atoms with Crippen molar-refractivity contribution in [1.29, 1.82) is 0 Å². The molecule has 1 atom stereocenters. The van der Waals surface area contributed by atoms with Crippen molar-refractivity contribution in [2.24, 2.45) is 5.92 Å². The number of rotatable bonds is 4. The first-order chi connectivity index (χ1) is 8.27. The van der Waals surface area contributed by atoms with Crippen LogP contribution in [0.15, 0.2) is 24.5 Å². The van der Waals surface area contributed by atoms with Gasteiger partial charge in [0.2, 0.25) is 0 Å². The van der Waals surface area contributed by atoms with E-state index in [2.05, 4.69) is 41.3 Å². The van der Waals surface area contributed by atoms with Gasteiger partial charge in [-0.2, -0.15) is 0 Å². The van der Waals surface area contributed by atoms with E-state index in [1.54, 1.807) is 0 Å². The number of nitrogens with zero attached hydrogens (tertiary/aromatic N) is 2. The smallest absolute Gasteiger partial charge is 0.0318 e. The van der Waals surface area contributed by atoms with E-state index in [9.17, 15) is 0 Å². The third kappa shape index (κ3) is 4.23. The molecule has 4 heteroatoms. The van der Waals surface area contributed by atoms with Crippen LogP contribution in [-0.4, -0.2) is 36.6 Å². The van der Waals surface area contributed by atoms with Gasteiger partial charge >= 0.3 is 0 Å². The largest absolute Gasteiger partial charge is 0.317 e. The lowest BCUT2D eigenvalue weighted by Gasteiger charge is -2.31. The van der Waals surface area contributed by atoms with Gasteiger partial charge in [-0.05, 0) is 63.5 Å². The van der Waals surface area contributed by atoms with Gasteiger partial charge in [-0.3, -0.25) is 9.88 Å². The molecule has 1 fully saturated rings. The lowest BCUT2D eigenvalue weighted by Crippen LogP contribution is -2.35. The summed E-state index contributed by atoms with van der Waals surface area (Å²) in [6, 6.07) is 4.71. The molecule has 0 spiro atoms. The Bertz CT molecular complexity index is 325. The Hall–Kier alpha value is -0.640. The van der Waals surface area contributed by atoms with Crippen molar-refractivity contribution in [1.82, 2.24) is 15.2 Å². The molecule has 1 N–H and O–H groups in total. The molecule has 1 aliphatic heterocycles. The SMILES string of the molecule is CC(c1ccncc1)N(C)CC1CCNCC1.Cl. The van der Waals surface area contributed by atoms with Gasteiger partial charge < -0.3 is 5.32 Å². The third-order valence-electron chi connectivity index (χ3n) is 3.85. The Kier molecular flexibility index (Phi) is 6.61. The zero-order valence-corrected chi connectivity index (χ0v) is 12.1. The summed E-state index contributed by atoms with van der Waals surface area (Å²) in [5.41, 5.74) is 1.36. The van der Waals surface area contributed by atoms with Crippen LogP contribution in [-0.2, 0) is 0 Å². The first kappa shape index (κ1) is 15.4. The summed E-state index contributed by atoms with van der Waals surface area (Å²) >= 11 is 0. The van der Waals surface area contributed by atoms with Gasteiger partial charge in [0, 0.05) is 25.0 Å². The van der Waals surface area contributed by atoms with E-state index >= 15 is 0 Å². The average Bonchev–Trinajstić information content (AvgIpc) is 2.40. The molecule has 0 aromatic carbocycles. The number of hydrogen-bond donors (Lipinski definition) is 1. The molecule has 1 aliphatic rings. The minimum atomic E-state index is 0. The van der Waals surface area contributed by atoms with Gasteiger partial charge in [0.25, 0.3) is 0 Å². The Morgan fingerprint density at radius 2 is 1.94 bits per heavy atom. The van der Waals surface area contributed by atoms with Crippen LogP contribution in [0.25, 0.3) is 0 Å². The number of nitrogens with one attached hydrogen (secondary N) is 1. The van der Waals surface area contributed by atoms with Gasteiger partial charge in [0.15, 0.2) is 0 Å². The maximum atomic E-state index is 4.08. The van der Waals surface area contributed by atoms with Crippen LogP contribution in [0.5, 0.6) is 0 Å². The molecule has 2 heterocycles. The van der Waals surface area contributed by atoms with Crippen molar-refractivity contribution < 1.29 is 0 Å². The number of aromatic nitrogens is 1. The van der Waals surface area contributed by atoms with Crippen molar-refractivity contribution in [3.63, 3.8) is 0 Å². The van der Waals surface area contributed by atoms with E-state index in [1.807, 2.05) is 12.4 Å². The van der Waals surface area contributed by atoms with E-state index in [4.69, 9.17) is 0 Å². The van der Waals surface area contributed by atoms with Crippen LogP contribution in [0.2, 0.25) is 0 Å². The average molecular weight is 270 g/mol. The number of piperidine rings is 1. The molecule has 18 heavy (non-hydrogen) atoms. The van der Waals surface area contributed by atoms with Crippen molar-refractivity contribution >= 4 is 12.4 Å². The molecule has 0 radical (unpaired) electrons. The summed E-state index contributed by atoms with van der Waals surface area (Å²) in [7, 11) is 2.23. The molecular weight excluding hydrogens is 246 g/mol. The summed E-state index contributed by atoms with van der Waals surface area (Å²) in [6.07, 6.45) is 6.38. The van der Waals surface area contributed by atoms with Gasteiger partial charge in [-0.1, -0.05) is 0 Å². The third-order valence-corrected chi connectivity index (χ3v) is 3.85. The Balaban J connectivity index is 0.00000162. The first-order valence-corrected chi connectivity index (χ1v) is 6.58. The predicted molar refractivity (Wildman–Crippen MR) is 78.1 cm³/mol. The summed E-state index contributed by atoms with van der Waals surface area (Å²) in [4.78, 5) is 6.54. The van der Waals surface area contributed by atoms with Crippen LogP contribution in [0.1, 0.15) is 31.4 Å². The standard InChI is InChI=1S/C14H23N3.ClH/c1-12(14-5-9-16-10-6-14)17(2)11-13-3-7-15-8-4-13;/h5-6,9-10,12-13,15H,3-4,7-8,11H2,1-2H3;1H. The summed E-state index contributed by atoms with van der Waals surface area (Å²) in [5.74, 6) is 0.852. The van der Waals surface area contributed by atoms with Crippen molar-refractivity contribution in [3.05, 3.63) is 30.1 Å². The quantitative estimate of drug-likeness (QED) is 0.910. The number of hydrogen-bond acceptors (Lipinski definition) is 3. The van der Waals surface area contributed by atoms with E-state index in [0.29, 0.717) is 6.04 Å². The molecule has 1 saturated heterocycles. The summed E-state index contributed by atoms with van der Waals surface area (Å²) < 4.78 is 0. The molecule has 0 saturated carbocycles. The maximum absolute atomic E-state index is 4.08. The first-order valence-electron chi connectivity index (χ1n) is 6.58. The predicted octanol–water partition coefficient (Wildman–Crippen LogP) is 2.50. The number of pyridine rings is 1. The molecular formula is C14H24ClN3. The van der Waals surface area contributed by atoms with Crippen LogP contribution in [0.3, 0.4) is 0 Å². The van der Waals surface area contributed by atoms with Crippen LogP contribution >= 0.6 is 12.4 Å². The highest BCUT2D eigenvalue weighted by molar-refractivity contribution is 5.85. The van der Waals surface area contributed by atoms with Crippen LogP contribution < -0.4 is 5.32 Å².